The summed E-state index contributed by atoms with van der Waals surface area (Å²) >= 11 is 0. The van der Waals surface area contributed by atoms with Crippen molar-refractivity contribution in [1.82, 2.24) is 13.7 Å². The van der Waals surface area contributed by atoms with E-state index in [2.05, 4.69) is 517 Å². The van der Waals surface area contributed by atoms with Gasteiger partial charge < -0.3 is 13.7 Å². The molecule has 3 heterocycles. The summed E-state index contributed by atoms with van der Waals surface area (Å²) in [5, 5.41) is 23.0. The maximum Gasteiger partial charge on any atom is 0.0547 e. The van der Waals surface area contributed by atoms with Crippen LogP contribution < -0.4 is 0 Å². The molecule has 0 unspecified atom stereocenters. The van der Waals surface area contributed by atoms with Crippen LogP contribution in [0.1, 0.15) is 0 Å². The first-order valence-electron chi connectivity index (χ1n) is 44.5. The van der Waals surface area contributed by atoms with Gasteiger partial charge in [-0.2, -0.15) is 0 Å². The van der Waals surface area contributed by atoms with Crippen LogP contribution in [0, 0.1) is 0 Å². The molecule has 0 fully saturated rings. The molecule has 0 aliphatic carbocycles. The highest BCUT2D eigenvalue weighted by atomic mass is 15.0. The first-order valence-corrected chi connectivity index (χ1v) is 44.5. The first kappa shape index (κ1) is 75.7. The lowest BCUT2D eigenvalue weighted by molar-refractivity contribution is 1.18. The van der Waals surface area contributed by atoms with E-state index in [9.17, 15) is 0 Å². The number of aromatic nitrogens is 3. The summed E-state index contributed by atoms with van der Waals surface area (Å²) in [5.74, 6) is 0. The molecule has 3 nitrogen and oxygen atoms in total. The molecule has 3 heteroatoms. The third kappa shape index (κ3) is 13.1. The number of hydrogen-bond donors (Lipinski definition) is 0. The zero-order chi connectivity index (χ0) is 85.2. The van der Waals surface area contributed by atoms with E-state index in [1.807, 2.05) is 0 Å². The smallest absolute Gasteiger partial charge is 0.0547 e. The number of fused-ring (bicyclic) bond motifs is 15. The summed E-state index contributed by atoms with van der Waals surface area (Å²) in [4.78, 5) is 0. The fourth-order valence-electron chi connectivity index (χ4n) is 20.7. The average Bonchev–Trinajstić information content (AvgIpc) is 1.33. The molecule has 0 saturated carbocycles. The number of para-hydroxylation sites is 5. The van der Waals surface area contributed by atoms with Crippen LogP contribution in [0.2, 0.25) is 0 Å². The molecule has 0 spiro atoms. The normalized spacial score (nSPS) is 11.6. The second-order valence-corrected chi connectivity index (χ2v) is 33.5. The van der Waals surface area contributed by atoms with Crippen LogP contribution in [-0.2, 0) is 0 Å². The number of nitrogens with zero attached hydrogens (tertiary/aromatic N) is 3. The maximum atomic E-state index is 2.41. The van der Waals surface area contributed by atoms with Gasteiger partial charge in [-0.15, -0.1) is 0 Å². The molecular formula is C126H83N3. The molecular weight excluding hydrogens is 1560 g/mol. The number of rotatable bonds is 11. The Bertz CT molecular complexity index is 8570. The highest BCUT2D eigenvalue weighted by Gasteiger charge is 2.24. The highest BCUT2D eigenvalue weighted by Crippen LogP contribution is 2.49. The zero-order valence-electron chi connectivity index (χ0n) is 70.8. The molecule has 0 atom stereocenters. The van der Waals surface area contributed by atoms with Crippen molar-refractivity contribution >= 4 is 130 Å². The lowest BCUT2D eigenvalue weighted by Crippen LogP contribution is -1.95. The van der Waals surface area contributed by atoms with Gasteiger partial charge in [0.2, 0.25) is 0 Å². The topological polar surface area (TPSA) is 14.8 Å². The molecule has 3 aromatic heterocycles. The maximum absolute atomic E-state index is 2.41. The second-order valence-electron chi connectivity index (χ2n) is 33.5. The van der Waals surface area contributed by atoms with Gasteiger partial charge in [0, 0.05) is 49.4 Å². The van der Waals surface area contributed by atoms with Crippen molar-refractivity contribution in [2.75, 3.05) is 0 Å². The van der Waals surface area contributed by atoms with E-state index >= 15 is 0 Å². The SMILES string of the molecule is c1ccc(-c2c3ccccc3c(-c3ccc(-c4ccc5c(c4)c4ccccc4n5-c4ccccc4)cc3)c3ccccc23)cc1.c1ccc(-c2c3ccccc3c(-c3ccc(-n4c5ccccc5c5ccccc54)cc3)c3ccccc23)cc1.c1ccc(-c2ccc3c4ccccc4n(-c4ccc(-c5c6ccccc6c(-c6ccccc6)c6ccccc56)cc4)c3c2)cc1. The van der Waals surface area contributed by atoms with E-state index < -0.39 is 0 Å². The lowest BCUT2D eigenvalue weighted by Gasteiger charge is -2.18. The van der Waals surface area contributed by atoms with Crippen molar-refractivity contribution in [3.05, 3.63) is 504 Å². The van der Waals surface area contributed by atoms with Crippen LogP contribution in [0.5, 0.6) is 0 Å². The van der Waals surface area contributed by atoms with Gasteiger partial charge in [0.1, 0.15) is 0 Å². The molecule has 602 valence electrons. The summed E-state index contributed by atoms with van der Waals surface area (Å²) in [7, 11) is 0. The van der Waals surface area contributed by atoms with Crippen LogP contribution >= 0.6 is 0 Å². The molecule has 0 N–H and O–H groups in total. The van der Waals surface area contributed by atoms with E-state index in [1.165, 1.54) is 230 Å². The number of benzene rings is 23. The van der Waals surface area contributed by atoms with Crippen molar-refractivity contribution in [2.24, 2.45) is 0 Å². The molecule has 0 aliphatic heterocycles. The standard InChI is InChI=1S/2C44H29N.C38H25N/c1-3-13-30(14-4-1)33-25-28-36-35-17-11-12-22-41(35)45(42(36)29-33)34-26-23-32(24-27-34)44-39-20-9-7-18-37(39)43(31-15-5-2-6-16-31)38-19-8-10-21-40(38)44;1-3-13-31(14-4-1)43-36-18-7-9-20-38(36)44(39-21-10-8-19-37(39)43)32-25-23-30(24-26-32)33-27-28-42-40(29-33)35-17-11-12-22-41(35)45(42)34-15-5-2-6-16-34;1-2-12-26(13-3-1)37-31-16-4-6-18-33(31)38(34-19-7-5-17-32(34)37)27-22-24-28(25-23-27)39-35-20-10-8-14-29(35)30-15-9-11-21-36(30)39/h2*1-29H;1-25H. The summed E-state index contributed by atoms with van der Waals surface area (Å²) in [6.07, 6.45) is 0. The summed E-state index contributed by atoms with van der Waals surface area (Å²) in [6, 6.07) is 183. The fraction of sp³-hybridized carbons (Fsp3) is 0. The molecule has 0 aliphatic rings. The molecule has 0 bridgehead atoms. The predicted molar refractivity (Wildman–Crippen MR) is 551 cm³/mol. The Morgan fingerprint density at radius 2 is 0.271 bits per heavy atom. The fourth-order valence-corrected chi connectivity index (χ4v) is 20.7. The minimum Gasteiger partial charge on any atom is -0.309 e. The monoisotopic (exact) mass is 1640 g/mol. The Morgan fingerprint density at radius 3 is 0.581 bits per heavy atom. The van der Waals surface area contributed by atoms with E-state index in [0.717, 1.165) is 5.69 Å². The van der Waals surface area contributed by atoms with E-state index in [-0.39, 0.29) is 0 Å². The Hall–Kier alpha value is -17.0. The minimum absolute atomic E-state index is 1.16. The predicted octanol–water partition coefficient (Wildman–Crippen LogP) is 34.6. The van der Waals surface area contributed by atoms with Gasteiger partial charge in [0.15, 0.2) is 0 Å². The minimum atomic E-state index is 1.16. The summed E-state index contributed by atoms with van der Waals surface area (Å²) in [6.45, 7) is 0. The molecule has 0 saturated heterocycles. The first-order chi connectivity index (χ1) is 64.1. The van der Waals surface area contributed by atoms with Gasteiger partial charge >= 0.3 is 0 Å². The molecule has 129 heavy (non-hydrogen) atoms. The quantitative estimate of drug-likeness (QED) is 0.115. The molecule has 26 aromatic rings. The van der Waals surface area contributed by atoms with Gasteiger partial charge in [0.25, 0.3) is 0 Å². The largest absolute Gasteiger partial charge is 0.309 e. The Balaban J connectivity index is 0.000000108. The van der Waals surface area contributed by atoms with Crippen LogP contribution in [-0.4, -0.2) is 13.7 Å². The Kier molecular flexibility index (Phi) is 19.0. The van der Waals surface area contributed by atoms with Crippen LogP contribution in [0.4, 0.5) is 0 Å². The van der Waals surface area contributed by atoms with Gasteiger partial charge in [-0.05, 0) is 233 Å². The third-order valence-electron chi connectivity index (χ3n) is 26.4. The zero-order valence-corrected chi connectivity index (χ0v) is 70.8. The molecule has 0 amide bonds. The van der Waals surface area contributed by atoms with Crippen LogP contribution in [0.15, 0.2) is 504 Å². The van der Waals surface area contributed by atoms with Gasteiger partial charge in [-0.25, -0.2) is 0 Å². The third-order valence-corrected chi connectivity index (χ3v) is 26.4. The van der Waals surface area contributed by atoms with Crippen LogP contribution in [0.25, 0.3) is 236 Å². The highest BCUT2D eigenvalue weighted by molar-refractivity contribution is 6.25. The van der Waals surface area contributed by atoms with E-state index in [0.29, 0.717) is 0 Å². The average molecular weight is 1640 g/mol. The molecule has 0 radical (unpaired) electrons. The molecule has 26 rings (SSSR count). The Morgan fingerprint density at radius 1 is 0.0930 bits per heavy atom. The van der Waals surface area contributed by atoms with Gasteiger partial charge in [0.05, 0.1) is 33.1 Å². The summed E-state index contributed by atoms with van der Waals surface area (Å²) in [5.41, 5.74) is 30.9. The lowest BCUT2D eigenvalue weighted by atomic mass is 9.86. The van der Waals surface area contributed by atoms with E-state index in [1.54, 1.807) is 0 Å². The van der Waals surface area contributed by atoms with Crippen molar-refractivity contribution in [1.29, 1.82) is 0 Å². The van der Waals surface area contributed by atoms with E-state index in [4.69, 9.17) is 0 Å². The number of hydrogen-bond acceptors (Lipinski definition) is 0. The Labute approximate surface area is 748 Å². The van der Waals surface area contributed by atoms with Crippen molar-refractivity contribution in [2.45, 2.75) is 0 Å². The summed E-state index contributed by atoms with van der Waals surface area (Å²) < 4.78 is 7.16. The second kappa shape index (κ2) is 32.3. The van der Waals surface area contributed by atoms with Crippen molar-refractivity contribution in [3.63, 3.8) is 0 Å². The van der Waals surface area contributed by atoms with Crippen molar-refractivity contribution in [3.8, 4) is 106 Å². The van der Waals surface area contributed by atoms with Gasteiger partial charge in [-0.1, -0.05) is 425 Å². The van der Waals surface area contributed by atoms with Gasteiger partial charge in [-0.3, -0.25) is 0 Å². The van der Waals surface area contributed by atoms with Crippen LogP contribution in [0.3, 0.4) is 0 Å². The van der Waals surface area contributed by atoms with Crippen molar-refractivity contribution < 1.29 is 0 Å². The molecule has 23 aromatic carbocycles.